The van der Waals surface area contributed by atoms with E-state index in [0.29, 0.717) is 19.4 Å². The van der Waals surface area contributed by atoms with Crippen LogP contribution in [-0.2, 0) is 24.7 Å². The smallest absolute Gasteiger partial charge is 0.259 e. The normalized spacial score (nSPS) is 20.1. The van der Waals surface area contributed by atoms with Crippen molar-refractivity contribution in [1.29, 1.82) is 5.26 Å². The van der Waals surface area contributed by atoms with Crippen LogP contribution in [0.3, 0.4) is 0 Å². The Bertz CT molecular complexity index is 2470. The van der Waals surface area contributed by atoms with Crippen molar-refractivity contribution in [3.05, 3.63) is 120 Å². The molecule has 0 radical (unpaired) electrons. The molecule has 1 aliphatic carbocycles. The van der Waals surface area contributed by atoms with Gasteiger partial charge >= 0.3 is 0 Å². The summed E-state index contributed by atoms with van der Waals surface area (Å²) in [6.07, 6.45) is 18.6. The monoisotopic (exact) mass is 915 g/mol. The first-order valence-electron chi connectivity index (χ1n) is 23.8. The summed E-state index contributed by atoms with van der Waals surface area (Å²) in [6, 6.07) is 29.5. The lowest BCUT2D eigenvalue weighted by Gasteiger charge is -2.38. The van der Waals surface area contributed by atoms with Crippen molar-refractivity contribution >= 4 is 53.1 Å². The van der Waals surface area contributed by atoms with E-state index in [1.54, 1.807) is 0 Å². The third-order valence-electron chi connectivity index (χ3n) is 13.6. The molecule has 65 heavy (non-hydrogen) atoms. The lowest BCUT2D eigenvalue weighted by molar-refractivity contribution is -0.401. The van der Waals surface area contributed by atoms with Crippen molar-refractivity contribution in [2.45, 2.75) is 148 Å². The number of nitriles is 1. The largest absolute Gasteiger partial charge is 1.00 e. The van der Waals surface area contributed by atoms with Crippen LogP contribution in [0.5, 0.6) is 0 Å². The van der Waals surface area contributed by atoms with Gasteiger partial charge in [0.05, 0.1) is 30.6 Å². The average Bonchev–Trinajstić information content (AvgIpc) is 3.61. The van der Waals surface area contributed by atoms with E-state index in [-0.39, 0.29) is 53.4 Å². The Kier molecular flexibility index (Phi) is 16.9. The molecule has 1 saturated carbocycles. The summed E-state index contributed by atoms with van der Waals surface area (Å²) in [4.78, 5) is 15.7. The summed E-state index contributed by atoms with van der Waals surface area (Å²) < 4.78 is 17.4. The number of nitrogens with zero attached hydrogens (tertiary/aromatic N) is 4. The Morgan fingerprint density at radius 2 is 1.51 bits per heavy atom. The minimum Gasteiger partial charge on any atom is -1.00 e. The second-order valence-electron chi connectivity index (χ2n) is 19.5. The number of unbranched alkanes of at least 4 members (excludes halogenated alkanes) is 2. The van der Waals surface area contributed by atoms with Crippen molar-refractivity contribution < 1.29 is 30.8 Å². The van der Waals surface area contributed by atoms with Crippen LogP contribution < -0.4 is 22.6 Å². The van der Waals surface area contributed by atoms with Crippen molar-refractivity contribution in [3.63, 3.8) is 0 Å². The molecule has 1 N–H and O–H groups in total. The minimum atomic E-state index is -1.26. The molecule has 4 aromatic carbocycles. The van der Waals surface area contributed by atoms with Gasteiger partial charge in [-0.1, -0.05) is 93.1 Å². The number of carbonyl (C=O) groups excluding carboxylic acids is 1. The fraction of sp³-hybridized carbons (Fsp3) is 0.473. The topological polar surface area (TPSA) is 80.8 Å². The number of allylic oxidation sites excluding steroid dienone is 6. The van der Waals surface area contributed by atoms with Gasteiger partial charge in [-0.05, 0) is 125 Å². The lowest BCUT2D eigenvalue weighted by Crippen LogP contribution is -3.00. The molecule has 0 spiro atoms. The highest BCUT2D eigenvalue weighted by Gasteiger charge is 2.44. The van der Waals surface area contributed by atoms with Gasteiger partial charge in [0, 0.05) is 65.6 Å². The number of benzene rings is 4. The fourth-order valence-corrected chi connectivity index (χ4v) is 12.4. The molecule has 1 fully saturated rings. The highest BCUT2D eigenvalue weighted by Crippen LogP contribution is 2.51. The second-order valence-corrected chi connectivity index (χ2v) is 20.9. The van der Waals surface area contributed by atoms with E-state index in [1.165, 1.54) is 55.5 Å². The van der Waals surface area contributed by atoms with Gasteiger partial charge in [-0.15, -0.1) is 0 Å². The van der Waals surface area contributed by atoms with Crippen LogP contribution in [0.2, 0.25) is 0 Å². The van der Waals surface area contributed by atoms with Gasteiger partial charge in [-0.25, -0.2) is 4.67 Å². The standard InChI is InChI=1S/C55H70N5O3P.ClH/c1-39(2)60(40(3)4)64(62-38-20-36-56)63-44-32-30-43(31-33-44)57-51(61)27-14-11-19-37-59-48-35-29-42-22-16-18-24-46(42)53(48)55(7,8)50(59)26-13-10-12-25-49-54(5,6)52-45-23-17-15-21-41(45)28-34-47(52)58(49)9;/h10,12-13,15-18,21-26,28-29,34-35,39-40,43-44H,11,14,19-20,27,30-33,37-38H2,1-9H3;1H. The summed E-state index contributed by atoms with van der Waals surface area (Å²) in [5, 5.41) is 17.6. The Hall–Kier alpha value is -4.35. The van der Waals surface area contributed by atoms with Gasteiger partial charge in [-0.3, -0.25) is 4.79 Å². The maximum atomic E-state index is 13.2. The molecular formula is C55H71ClN5O3P. The summed E-state index contributed by atoms with van der Waals surface area (Å²) in [5.41, 5.74) is 7.61. The van der Waals surface area contributed by atoms with E-state index < -0.39 is 8.53 Å². The van der Waals surface area contributed by atoms with Crippen molar-refractivity contribution in [2.75, 3.05) is 25.1 Å². The Morgan fingerprint density at radius 3 is 2.17 bits per heavy atom. The molecule has 346 valence electrons. The number of fused-ring (bicyclic) bond motifs is 6. The van der Waals surface area contributed by atoms with Gasteiger partial charge in [0.1, 0.15) is 7.05 Å². The van der Waals surface area contributed by atoms with Crippen LogP contribution in [-0.4, -0.2) is 65.3 Å². The highest BCUT2D eigenvalue weighted by molar-refractivity contribution is 7.44. The van der Waals surface area contributed by atoms with Crippen LogP contribution in [0.25, 0.3) is 21.5 Å². The molecule has 1 unspecified atom stereocenters. The second kappa shape index (κ2) is 22.0. The number of amides is 1. The van der Waals surface area contributed by atoms with E-state index >= 15 is 0 Å². The van der Waals surface area contributed by atoms with Crippen LogP contribution >= 0.6 is 8.53 Å². The number of rotatable bonds is 18. The van der Waals surface area contributed by atoms with Gasteiger partial charge < -0.3 is 31.7 Å². The average molecular weight is 917 g/mol. The minimum absolute atomic E-state index is 0. The van der Waals surface area contributed by atoms with Gasteiger partial charge in [0.15, 0.2) is 5.71 Å². The molecule has 0 aromatic heterocycles. The SMILES string of the molecule is CC(C)N(C(C)C)P(OCCC#N)OC1CCC(NC(=O)CCCCCN2C(=CC=CC=CC3=[N+](C)c4ccc5ccccc5c4C3(C)C)C(C)(C)c3c2ccc2ccccc32)CC1.[Cl-]. The number of anilines is 1. The molecule has 0 bridgehead atoms. The quantitative estimate of drug-likeness (QED) is 0.0464. The summed E-state index contributed by atoms with van der Waals surface area (Å²) in [6.45, 7) is 19.3. The van der Waals surface area contributed by atoms with Crippen LogP contribution in [0.1, 0.15) is 124 Å². The van der Waals surface area contributed by atoms with E-state index in [1.807, 2.05) is 0 Å². The summed E-state index contributed by atoms with van der Waals surface area (Å²) in [7, 11) is 0.929. The third kappa shape index (κ3) is 10.9. The highest BCUT2D eigenvalue weighted by atomic mass is 35.5. The van der Waals surface area contributed by atoms with Crippen molar-refractivity contribution in [1.82, 2.24) is 9.99 Å². The Morgan fingerprint density at radius 1 is 0.862 bits per heavy atom. The van der Waals surface area contributed by atoms with Crippen LogP contribution in [0.15, 0.2) is 109 Å². The Balaban J connectivity index is 0.00000700. The molecule has 2 aliphatic heterocycles. The number of nitrogens with one attached hydrogen (secondary N) is 1. The molecule has 10 heteroatoms. The molecule has 2 heterocycles. The lowest BCUT2D eigenvalue weighted by atomic mass is 9.79. The van der Waals surface area contributed by atoms with Crippen molar-refractivity contribution in [3.8, 4) is 6.07 Å². The van der Waals surface area contributed by atoms with E-state index in [0.717, 1.165) is 51.5 Å². The maximum Gasteiger partial charge on any atom is 0.259 e. The maximum absolute atomic E-state index is 13.2. The van der Waals surface area contributed by atoms with Crippen LogP contribution in [0, 0.1) is 11.3 Å². The molecule has 3 aliphatic rings. The predicted molar refractivity (Wildman–Crippen MR) is 267 cm³/mol. The first kappa shape index (κ1) is 50.1. The fourth-order valence-electron chi connectivity index (χ4n) is 10.6. The van der Waals surface area contributed by atoms with Crippen molar-refractivity contribution in [2.24, 2.45) is 0 Å². The molecule has 8 nitrogen and oxygen atoms in total. The third-order valence-corrected chi connectivity index (χ3v) is 15.8. The molecular weight excluding hydrogens is 845 g/mol. The number of hydrogen-bond acceptors (Lipinski definition) is 6. The first-order chi connectivity index (χ1) is 30.7. The Labute approximate surface area is 396 Å². The number of halogens is 1. The molecule has 1 atom stereocenters. The number of hydrogen-bond donors (Lipinski definition) is 1. The number of carbonyl (C=O) groups is 1. The molecule has 4 aromatic rings. The summed E-state index contributed by atoms with van der Waals surface area (Å²) >= 11 is 0. The van der Waals surface area contributed by atoms with E-state index in [2.05, 4.69) is 191 Å². The zero-order valence-electron chi connectivity index (χ0n) is 40.2. The zero-order valence-corrected chi connectivity index (χ0v) is 41.9. The van der Waals surface area contributed by atoms with Gasteiger partial charge in [-0.2, -0.15) is 9.84 Å². The molecule has 7 rings (SSSR count). The predicted octanol–water partition coefficient (Wildman–Crippen LogP) is 10.1. The summed E-state index contributed by atoms with van der Waals surface area (Å²) in [5.74, 6) is 0.151. The van der Waals surface area contributed by atoms with E-state index in [9.17, 15) is 4.79 Å². The first-order valence-corrected chi connectivity index (χ1v) is 24.9. The zero-order chi connectivity index (χ0) is 45.6. The van der Waals surface area contributed by atoms with Crippen LogP contribution in [0.4, 0.5) is 11.4 Å². The van der Waals surface area contributed by atoms with Gasteiger partial charge in [0.2, 0.25) is 11.6 Å². The molecule has 0 saturated heterocycles. The van der Waals surface area contributed by atoms with Gasteiger partial charge in [0.25, 0.3) is 8.53 Å². The molecule has 1 amide bonds. The van der Waals surface area contributed by atoms with E-state index in [4.69, 9.17) is 14.3 Å².